The molecule has 0 aromatic heterocycles. The number of aliphatic hydroxyl groups is 1. The number of aliphatic hydroxyl groups excluding tert-OH is 1. The van der Waals surface area contributed by atoms with Crippen LogP contribution >= 0.6 is 11.8 Å². The molecule has 0 radical (unpaired) electrons. The molecule has 96 valence electrons. The van der Waals surface area contributed by atoms with Gasteiger partial charge in [0.2, 0.25) is 6.41 Å². The Balaban J connectivity index is 2.70. The molecule has 8 heteroatoms. The van der Waals surface area contributed by atoms with Crippen LogP contribution in [0, 0.1) is 0 Å². The highest BCUT2D eigenvalue weighted by molar-refractivity contribution is 8.00. The SMILES string of the molecule is CN=C(N)/C(F)=C\N(C=O)C1CSC(CO)O1. The summed E-state index contributed by atoms with van der Waals surface area (Å²) in [5.41, 5.74) is 4.86. The number of halogens is 1. The lowest BCUT2D eigenvalue weighted by molar-refractivity contribution is -0.126. The molecule has 0 aromatic rings. The third-order valence-electron chi connectivity index (χ3n) is 2.08. The second-order valence-corrected chi connectivity index (χ2v) is 4.37. The van der Waals surface area contributed by atoms with Crippen LogP contribution in [0.2, 0.25) is 0 Å². The van der Waals surface area contributed by atoms with Gasteiger partial charge in [-0.05, 0) is 0 Å². The Morgan fingerprint density at radius 2 is 2.53 bits per heavy atom. The first-order valence-electron chi connectivity index (χ1n) is 4.83. The van der Waals surface area contributed by atoms with E-state index >= 15 is 0 Å². The van der Waals surface area contributed by atoms with E-state index in [1.807, 2.05) is 0 Å². The van der Waals surface area contributed by atoms with Crippen LogP contribution in [0.1, 0.15) is 0 Å². The fourth-order valence-corrected chi connectivity index (χ4v) is 2.12. The maximum absolute atomic E-state index is 13.4. The quantitative estimate of drug-likeness (QED) is 0.402. The number of amidine groups is 1. The van der Waals surface area contributed by atoms with Crippen LogP contribution in [0.25, 0.3) is 0 Å². The average molecular weight is 263 g/mol. The molecule has 1 aliphatic heterocycles. The zero-order chi connectivity index (χ0) is 12.8. The highest BCUT2D eigenvalue weighted by Gasteiger charge is 2.29. The molecule has 1 saturated heterocycles. The van der Waals surface area contributed by atoms with E-state index in [0.29, 0.717) is 12.2 Å². The minimum absolute atomic E-state index is 0.154. The first-order chi connectivity index (χ1) is 8.12. The molecule has 0 aromatic carbocycles. The summed E-state index contributed by atoms with van der Waals surface area (Å²) < 4.78 is 18.7. The third kappa shape index (κ3) is 3.69. The molecule has 3 N–H and O–H groups in total. The predicted octanol–water partition coefficient (Wildman–Crippen LogP) is -0.349. The number of rotatable bonds is 5. The largest absolute Gasteiger partial charge is 0.393 e. The van der Waals surface area contributed by atoms with Gasteiger partial charge in [-0.2, -0.15) is 0 Å². The van der Waals surface area contributed by atoms with Crippen LogP contribution in [0.3, 0.4) is 0 Å². The summed E-state index contributed by atoms with van der Waals surface area (Å²) in [5.74, 6) is -0.640. The van der Waals surface area contributed by atoms with E-state index in [1.54, 1.807) is 0 Å². The van der Waals surface area contributed by atoms with Crippen LogP contribution in [-0.4, -0.2) is 53.3 Å². The van der Waals surface area contributed by atoms with Gasteiger partial charge in [0, 0.05) is 19.0 Å². The molecule has 2 unspecified atom stereocenters. The highest BCUT2D eigenvalue weighted by Crippen LogP contribution is 2.26. The van der Waals surface area contributed by atoms with Gasteiger partial charge in [0.15, 0.2) is 11.7 Å². The van der Waals surface area contributed by atoms with Crippen molar-refractivity contribution in [2.24, 2.45) is 10.7 Å². The van der Waals surface area contributed by atoms with Crippen molar-refractivity contribution in [3.8, 4) is 0 Å². The van der Waals surface area contributed by atoms with E-state index < -0.39 is 17.5 Å². The van der Waals surface area contributed by atoms with E-state index in [0.717, 1.165) is 11.1 Å². The zero-order valence-corrected chi connectivity index (χ0v) is 10.1. The lowest BCUT2D eigenvalue weighted by Gasteiger charge is -2.20. The smallest absolute Gasteiger partial charge is 0.215 e. The van der Waals surface area contributed by atoms with E-state index in [1.165, 1.54) is 18.8 Å². The summed E-state index contributed by atoms with van der Waals surface area (Å²) in [7, 11) is 1.34. The molecule has 0 spiro atoms. The van der Waals surface area contributed by atoms with E-state index in [9.17, 15) is 9.18 Å². The van der Waals surface area contributed by atoms with Crippen molar-refractivity contribution in [3.63, 3.8) is 0 Å². The Labute approximate surface area is 102 Å². The standard InChI is InChI=1S/C9H14FN3O3S/c1-12-9(11)6(10)2-13(5-15)7-4-17-8(3-14)16-7/h2,5,7-8,14H,3-4H2,1H3,(H2,11,12)/b6-2+. The van der Waals surface area contributed by atoms with Gasteiger partial charge in [0.05, 0.1) is 6.61 Å². The van der Waals surface area contributed by atoms with E-state index in [-0.39, 0.29) is 12.4 Å². The summed E-state index contributed by atoms with van der Waals surface area (Å²) in [4.78, 5) is 15.3. The summed E-state index contributed by atoms with van der Waals surface area (Å²) in [6.07, 6.45) is 0.762. The van der Waals surface area contributed by atoms with Crippen LogP contribution in [0.15, 0.2) is 17.0 Å². The van der Waals surface area contributed by atoms with E-state index in [2.05, 4.69) is 4.99 Å². The first kappa shape index (κ1) is 13.9. The fourth-order valence-electron chi connectivity index (χ4n) is 1.18. The van der Waals surface area contributed by atoms with E-state index in [4.69, 9.17) is 15.6 Å². The van der Waals surface area contributed by atoms with Gasteiger partial charge < -0.3 is 15.6 Å². The number of hydrogen-bond acceptors (Lipinski definition) is 5. The summed E-state index contributed by atoms with van der Waals surface area (Å²) >= 11 is 1.35. The Morgan fingerprint density at radius 1 is 1.82 bits per heavy atom. The molecule has 1 fully saturated rings. The van der Waals surface area contributed by atoms with Gasteiger partial charge >= 0.3 is 0 Å². The molecule has 0 saturated carbocycles. The van der Waals surface area contributed by atoms with Crippen molar-refractivity contribution in [3.05, 3.63) is 12.0 Å². The number of carbonyl (C=O) groups is 1. The number of thioether (sulfide) groups is 1. The number of nitrogens with zero attached hydrogens (tertiary/aromatic N) is 2. The number of nitrogens with two attached hydrogens (primary N) is 1. The molecular formula is C9H14FN3O3S. The van der Waals surface area contributed by atoms with Gasteiger partial charge in [-0.3, -0.25) is 14.7 Å². The van der Waals surface area contributed by atoms with Crippen LogP contribution in [0.5, 0.6) is 0 Å². The molecule has 6 nitrogen and oxygen atoms in total. The van der Waals surface area contributed by atoms with Crippen molar-refractivity contribution in [2.45, 2.75) is 11.7 Å². The van der Waals surface area contributed by atoms with Crippen LogP contribution in [-0.2, 0) is 9.53 Å². The summed E-state index contributed by atoms with van der Waals surface area (Å²) in [5, 5.41) is 8.87. The molecule has 0 aliphatic carbocycles. The maximum Gasteiger partial charge on any atom is 0.215 e. The lowest BCUT2D eigenvalue weighted by atomic mass is 10.4. The van der Waals surface area contributed by atoms with Crippen molar-refractivity contribution in [2.75, 3.05) is 19.4 Å². The van der Waals surface area contributed by atoms with Crippen molar-refractivity contribution >= 4 is 24.0 Å². The van der Waals surface area contributed by atoms with Crippen LogP contribution < -0.4 is 5.73 Å². The molecule has 0 bridgehead atoms. The second kappa shape index (κ2) is 6.58. The molecule has 1 amide bonds. The first-order valence-corrected chi connectivity index (χ1v) is 5.87. The number of amides is 1. The van der Waals surface area contributed by atoms with Crippen molar-refractivity contribution in [1.82, 2.24) is 4.90 Å². The number of hydrogen-bond donors (Lipinski definition) is 2. The lowest BCUT2D eigenvalue weighted by Crippen LogP contribution is -2.33. The Kier molecular flexibility index (Phi) is 5.39. The van der Waals surface area contributed by atoms with Crippen molar-refractivity contribution < 1.29 is 19.0 Å². The molecular weight excluding hydrogens is 249 g/mol. The average Bonchev–Trinajstić information content (AvgIpc) is 2.83. The molecule has 1 rings (SSSR count). The minimum atomic E-state index is -0.805. The van der Waals surface area contributed by atoms with Gasteiger partial charge in [0.1, 0.15) is 11.7 Å². The number of carbonyl (C=O) groups excluding carboxylic acids is 1. The summed E-state index contributed by atoms with van der Waals surface area (Å²) in [6.45, 7) is -0.154. The second-order valence-electron chi connectivity index (χ2n) is 3.17. The predicted molar refractivity (Wildman–Crippen MR) is 62.8 cm³/mol. The third-order valence-corrected chi connectivity index (χ3v) is 3.19. The van der Waals surface area contributed by atoms with Gasteiger partial charge in [-0.15, -0.1) is 11.8 Å². The molecule has 2 atom stereocenters. The number of ether oxygens (including phenoxy) is 1. The summed E-state index contributed by atoms with van der Waals surface area (Å²) in [6, 6.07) is 0. The van der Waals surface area contributed by atoms with Gasteiger partial charge in [-0.1, -0.05) is 0 Å². The normalized spacial score (nSPS) is 26.1. The zero-order valence-electron chi connectivity index (χ0n) is 9.25. The highest BCUT2D eigenvalue weighted by atomic mass is 32.2. The van der Waals surface area contributed by atoms with Gasteiger partial charge in [0.25, 0.3) is 0 Å². The Hall–Kier alpha value is -1.12. The topological polar surface area (TPSA) is 88.2 Å². The molecule has 1 heterocycles. The Morgan fingerprint density at radius 3 is 3.00 bits per heavy atom. The fraction of sp³-hybridized carbons (Fsp3) is 0.556. The minimum Gasteiger partial charge on any atom is -0.393 e. The van der Waals surface area contributed by atoms with Crippen LogP contribution in [0.4, 0.5) is 4.39 Å². The van der Waals surface area contributed by atoms with Crippen molar-refractivity contribution in [1.29, 1.82) is 0 Å². The Bertz CT molecular complexity index is 337. The number of aliphatic imine (C=N–C) groups is 1. The molecule has 17 heavy (non-hydrogen) atoms. The monoisotopic (exact) mass is 263 g/mol. The van der Waals surface area contributed by atoms with Gasteiger partial charge in [-0.25, -0.2) is 4.39 Å². The molecule has 1 aliphatic rings. The maximum atomic E-state index is 13.4.